The predicted octanol–water partition coefficient (Wildman–Crippen LogP) is 2.64. The van der Waals surface area contributed by atoms with Gasteiger partial charge in [-0.05, 0) is 30.5 Å². The summed E-state index contributed by atoms with van der Waals surface area (Å²) in [5.74, 6) is 1.23. The summed E-state index contributed by atoms with van der Waals surface area (Å²) in [6.45, 7) is 2.65. The van der Waals surface area contributed by atoms with Crippen molar-refractivity contribution in [1.29, 1.82) is 0 Å². The number of aromatic nitrogens is 3. The topological polar surface area (TPSA) is 88.1 Å². The van der Waals surface area contributed by atoms with Crippen molar-refractivity contribution in [1.82, 2.24) is 19.3 Å². The first kappa shape index (κ1) is 18.4. The number of pyridine rings is 1. The van der Waals surface area contributed by atoms with Gasteiger partial charge in [-0.3, -0.25) is 4.98 Å². The van der Waals surface area contributed by atoms with Gasteiger partial charge in [-0.15, -0.1) is 11.3 Å². The molecule has 3 aromatic heterocycles. The molecule has 3 aromatic rings. The van der Waals surface area contributed by atoms with E-state index in [0.29, 0.717) is 28.9 Å². The molecular formula is C17H19N5O2S2. The van der Waals surface area contributed by atoms with Crippen LogP contribution in [0.2, 0.25) is 0 Å². The molecule has 136 valence electrons. The lowest BCUT2D eigenvalue weighted by molar-refractivity contribution is 0.482. The van der Waals surface area contributed by atoms with Gasteiger partial charge in [0.25, 0.3) is 10.0 Å². The second-order valence-electron chi connectivity index (χ2n) is 5.65. The van der Waals surface area contributed by atoms with Gasteiger partial charge in [-0.25, -0.2) is 18.4 Å². The quantitative estimate of drug-likeness (QED) is 0.668. The van der Waals surface area contributed by atoms with Crippen LogP contribution in [0.3, 0.4) is 0 Å². The van der Waals surface area contributed by atoms with Crippen molar-refractivity contribution >= 4 is 27.2 Å². The number of nitrogens with one attached hydrogen (secondary N) is 1. The van der Waals surface area contributed by atoms with Crippen LogP contribution in [-0.2, 0) is 10.0 Å². The van der Waals surface area contributed by atoms with Crippen molar-refractivity contribution in [2.24, 2.45) is 0 Å². The maximum atomic E-state index is 12.4. The van der Waals surface area contributed by atoms with Gasteiger partial charge >= 0.3 is 0 Å². The minimum absolute atomic E-state index is 0.325. The number of hydrogen-bond donors (Lipinski definition) is 1. The summed E-state index contributed by atoms with van der Waals surface area (Å²) in [6, 6.07) is 8.89. The van der Waals surface area contributed by atoms with Crippen molar-refractivity contribution in [2.45, 2.75) is 11.1 Å². The van der Waals surface area contributed by atoms with Gasteiger partial charge in [0.05, 0.1) is 0 Å². The third kappa shape index (κ3) is 4.24. The van der Waals surface area contributed by atoms with Gasteiger partial charge in [0, 0.05) is 49.9 Å². The number of likely N-dealkylation sites (N-methyl/N-ethyl adjacent to an activating group) is 1. The largest absolute Gasteiger partial charge is 0.369 e. The molecule has 7 nitrogen and oxygen atoms in total. The lowest BCUT2D eigenvalue weighted by atomic mass is 10.2. The smallest absolute Gasteiger partial charge is 0.252 e. The van der Waals surface area contributed by atoms with E-state index in [2.05, 4.69) is 20.3 Å². The molecule has 9 heteroatoms. The predicted molar refractivity (Wildman–Crippen MR) is 103 cm³/mol. The zero-order valence-electron chi connectivity index (χ0n) is 14.5. The summed E-state index contributed by atoms with van der Waals surface area (Å²) in [7, 11) is -1.87. The third-order valence-corrected chi connectivity index (χ3v) is 6.90. The standard InChI is InChI=1S/C17H19N5O2S2/c1-13-11-15(21-17(20-13)14-5-3-7-18-12-14)19-8-9-22(2)26(23,24)16-6-4-10-25-16/h3-7,10-12H,8-9H2,1-2H3,(H,19,20,21). The van der Waals surface area contributed by atoms with E-state index in [1.54, 1.807) is 37.0 Å². The third-order valence-electron chi connectivity index (χ3n) is 3.67. The molecule has 0 saturated heterocycles. The van der Waals surface area contributed by atoms with E-state index >= 15 is 0 Å². The Morgan fingerprint density at radius 3 is 2.77 bits per heavy atom. The minimum atomic E-state index is -3.44. The van der Waals surface area contributed by atoms with Crippen molar-refractivity contribution in [3.8, 4) is 11.4 Å². The fourth-order valence-electron chi connectivity index (χ4n) is 2.31. The Labute approximate surface area is 156 Å². The molecule has 26 heavy (non-hydrogen) atoms. The normalized spacial score (nSPS) is 11.7. The van der Waals surface area contributed by atoms with Gasteiger partial charge < -0.3 is 5.32 Å². The molecule has 0 aliphatic carbocycles. The molecule has 0 aliphatic heterocycles. The first-order chi connectivity index (χ1) is 12.5. The van der Waals surface area contributed by atoms with Crippen LogP contribution in [0.25, 0.3) is 11.4 Å². The summed E-state index contributed by atoms with van der Waals surface area (Å²) in [6.07, 6.45) is 3.41. The highest BCUT2D eigenvalue weighted by Gasteiger charge is 2.21. The first-order valence-electron chi connectivity index (χ1n) is 7.96. The molecule has 0 atom stereocenters. The van der Waals surface area contributed by atoms with Gasteiger partial charge in [-0.1, -0.05) is 6.07 Å². The Balaban J connectivity index is 1.66. The van der Waals surface area contributed by atoms with Crippen LogP contribution in [0.1, 0.15) is 5.69 Å². The molecule has 1 N–H and O–H groups in total. The van der Waals surface area contributed by atoms with E-state index in [1.807, 2.05) is 25.1 Å². The zero-order valence-corrected chi connectivity index (χ0v) is 16.1. The maximum Gasteiger partial charge on any atom is 0.252 e. The summed E-state index contributed by atoms with van der Waals surface area (Å²) >= 11 is 1.21. The molecule has 0 radical (unpaired) electrons. The van der Waals surface area contributed by atoms with Crippen molar-refractivity contribution in [3.05, 3.63) is 53.8 Å². The summed E-state index contributed by atoms with van der Waals surface area (Å²) in [5.41, 5.74) is 1.65. The van der Waals surface area contributed by atoms with Crippen molar-refractivity contribution in [3.63, 3.8) is 0 Å². The fraction of sp³-hybridized carbons (Fsp3) is 0.235. The minimum Gasteiger partial charge on any atom is -0.369 e. The van der Waals surface area contributed by atoms with E-state index in [0.717, 1.165) is 11.3 Å². The lowest BCUT2D eigenvalue weighted by Gasteiger charge is -2.16. The molecule has 0 saturated carbocycles. The summed E-state index contributed by atoms with van der Waals surface area (Å²) in [4.78, 5) is 13.0. The number of aryl methyl sites for hydroxylation is 1. The van der Waals surface area contributed by atoms with Gasteiger partial charge in [0.1, 0.15) is 10.0 Å². The monoisotopic (exact) mass is 389 g/mol. The Bertz CT molecular complexity index is 960. The van der Waals surface area contributed by atoms with E-state index in [1.165, 1.54) is 15.6 Å². The SMILES string of the molecule is Cc1cc(NCCN(C)S(=O)(=O)c2cccs2)nc(-c2cccnc2)n1. The van der Waals surface area contributed by atoms with Crippen molar-refractivity contribution in [2.75, 3.05) is 25.5 Å². The van der Waals surface area contributed by atoms with E-state index in [4.69, 9.17) is 0 Å². The molecular weight excluding hydrogens is 370 g/mol. The Morgan fingerprint density at radius 1 is 1.23 bits per heavy atom. The van der Waals surface area contributed by atoms with Gasteiger partial charge in [0.2, 0.25) is 0 Å². The molecule has 3 rings (SSSR count). The van der Waals surface area contributed by atoms with Crippen LogP contribution in [0, 0.1) is 6.92 Å². The number of anilines is 1. The van der Waals surface area contributed by atoms with E-state index < -0.39 is 10.0 Å². The molecule has 0 bridgehead atoms. The number of nitrogens with zero attached hydrogens (tertiary/aromatic N) is 4. The highest BCUT2D eigenvalue weighted by Crippen LogP contribution is 2.20. The Morgan fingerprint density at radius 2 is 2.08 bits per heavy atom. The molecule has 0 spiro atoms. The second kappa shape index (κ2) is 7.90. The highest BCUT2D eigenvalue weighted by molar-refractivity contribution is 7.91. The molecule has 0 amide bonds. The summed E-state index contributed by atoms with van der Waals surface area (Å²) in [5, 5.41) is 4.92. The van der Waals surface area contributed by atoms with Crippen LogP contribution < -0.4 is 5.32 Å². The molecule has 0 aliphatic rings. The zero-order chi connectivity index (χ0) is 18.6. The van der Waals surface area contributed by atoms with Crippen LogP contribution >= 0.6 is 11.3 Å². The van der Waals surface area contributed by atoms with Crippen LogP contribution in [-0.4, -0.2) is 47.8 Å². The van der Waals surface area contributed by atoms with Gasteiger partial charge in [0.15, 0.2) is 5.82 Å². The van der Waals surface area contributed by atoms with E-state index in [-0.39, 0.29) is 0 Å². The Kier molecular flexibility index (Phi) is 5.60. The molecule has 3 heterocycles. The number of hydrogen-bond acceptors (Lipinski definition) is 7. The van der Waals surface area contributed by atoms with E-state index in [9.17, 15) is 8.42 Å². The Hall–Kier alpha value is -2.36. The molecule has 0 unspecified atom stereocenters. The number of sulfonamides is 1. The molecule has 0 fully saturated rings. The highest BCUT2D eigenvalue weighted by atomic mass is 32.2. The van der Waals surface area contributed by atoms with Gasteiger partial charge in [-0.2, -0.15) is 4.31 Å². The lowest BCUT2D eigenvalue weighted by Crippen LogP contribution is -2.31. The molecule has 0 aromatic carbocycles. The van der Waals surface area contributed by atoms with Crippen molar-refractivity contribution < 1.29 is 8.42 Å². The average Bonchev–Trinajstić information content (AvgIpc) is 3.17. The van der Waals surface area contributed by atoms with Crippen LogP contribution in [0.15, 0.2) is 52.3 Å². The second-order valence-corrected chi connectivity index (χ2v) is 8.86. The number of thiophene rings is 1. The van der Waals surface area contributed by atoms with Crippen LogP contribution in [0.5, 0.6) is 0 Å². The number of rotatable bonds is 7. The first-order valence-corrected chi connectivity index (χ1v) is 10.3. The maximum absolute atomic E-state index is 12.4. The average molecular weight is 390 g/mol. The summed E-state index contributed by atoms with van der Waals surface area (Å²) < 4.78 is 26.5. The van der Waals surface area contributed by atoms with Crippen LogP contribution in [0.4, 0.5) is 5.82 Å². The fourth-order valence-corrected chi connectivity index (χ4v) is 4.68.